The Labute approximate surface area is 216 Å². The highest BCUT2D eigenvalue weighted by Gasteiger charge is 2.45. The molecule has 0 saturated carbocycles. The van der Waals surface area contributed by atoms with Gasteiger partial charge in [0, 0.05) is 29.7 Å². The van der Waals surface area contributed by atoms with E-state index in [4.69, 9.17) is 9.47 Å². The largest absolute Gasteiger partial charge is 0.504 e. The molecular formula is C31H29NO5. The molecule has 0 bridgehead atoms. The number of nitrogens with one attached hydrogen (secondary N) is 1. The third-order valence-corrected chi connectivity index (χ3v) is 7.09. The number of Topliss-reactive ketones (excluding diaryl/α,β-unsaturated/α-hetero) is 1. The summed E-state index contributed by atoms with van der Waals surface area (Å²) in [7, 11) is 1.47. The van der Waals surface area contributed by atoms with Crippen molar-refractivity contribution in [2.24, 2.45) is 5.92 Å². The van der Waals surface area contributed by atoms with E-state index >= 15 is 0 Å². The highest BCUT2D eigenvalue weighted by Crippen LogP contribution is 2.47. The number of rotatable bonds is 6. The monoisotopic (exact) mass is 495 g/mol. The van der Waals surface area contributed by atoms with Crippen molar-refractivity contribution in [1.29, 1.82) is 0 Å². The predicted molar refractivity (Wildman–Crippen MR) is 140 cm³/mol. The van der Waals surface area contributed by atoms with Crippen LogP contribution in [0.25, 0.3) is 0 Å². The lowest BCUT2D eigenvalue weighted by Gasteiger charge is -2.39. The van der Waals surface area contributed by atoms with Crippen LogP contribution in [-0.2, 0) is 20.9 Å². The van der Waals surface area contributed by atoms with Crippen molar-refractivity contribution < 1.29 is 24.2 Å². The summed E-state index contributed by atoms with van der Waals surface area (Å²) >= 11 is 0. The van der Waals surface area contributed by atoms with Crippen LogP contribution in [0, 0.1) is 5.92 Å². The Morgan fingerprint density at radius 2 is 1.68 bits per heavy atom. The molecule has 5 rings (SSSR count). The zero-order valence-corrected chi connectivity index (χ0v) is 20.8. The second-order valence-corrected chi connectivity index (χ2v) is 9.42. The molecule has 6 heteroatoms. The Bertz CT molecular complexity index is 1380. The minimum Gasteiger partial charge on any atom is -0.504 e. The molecule has 3 unspecified atom stereocenters. The molecule has 3 aromatic rings. The fraction of sp³-hybridized carbons (Fsp3) is 0.226. The zero-order chi connectivity index (χ0) is 25.9. The van der Waals surface area contributed by atoms with Gasteiger partial charge in [0.1, 0.15) is 12.4 Å². The SMILES string of the molecule is COc1cc(C2C(C(=O)OCc3ccccc3)=C(C)NC3=CC(c4ccccc4)CC(=O)C32)ccc1O. The Kier molecular flexibility index (Phi) is 6.82. The second-order valence-electron chi connectivity index (χ2n) is 9.42. The first-order chi connectivity index (χ1) is 18.0. The number of hydrogen-bond donors (Lipinski definition) is 2. The molecule has 1 aliphatic heterocycles. The van der Waals surface area contributed by atoms with E-state index in [0.29, 0.717) is 23.3 Å². The molecule has 3 atom stereocenters. The van der Waals surface area contributed by atoms with Gasteiger partial charge in [0.05, 0.1) is 18.6 Å². The van der Waals surface area contributed by atoms with E-state index in [1.165, 1.54) is 13.2 Å². The fourth-order valence-electron chi connectivity index (χ4n) is 5.31. The summed E-state index contributed by atoms with van der Waals surface area (Å²) in [6, 6.07) is 24.4. The van der Waals surface area contributed by atoms with E-state index in [1.54, 1.807) is 12.1 Å². The third-order valence-electron chi connectivity index (χ3n) is 7.09. The van der Waals surface area contributed by atoms with Crippen LogP contribution in [0.1, 0.15) is 41.9 Å². The summed E-state index contributed by atoms with van der Waals surface area (Å²) in [5.74, 6) is -1.40. The van der Waals surface area contributed by atoms with E-state index in [1.807, 2.05) is 67.6 Å². The number of benzene rings is 3. The first-order valence-corrected chi connectivity index (χ1v) is 12.3. The van der Waals surface area contributed by atoms with Gasteiger partial charge in [-0.05, 0) is 35.7 Å². The molecule has 0 amide bonds. The fourth-order valence-corrected chi connectivity index (χ4v) is 5.31. The molecule has 0 spiro atoms. The number of carbonyl (C=O) groups is 2. The molecule has 0 radical (unpaired) electrons. The molecule has 6 nitrogen and oxygen atoms in total. The van der Waals surface area contributed by atoms with Gasteiger partial charge in [0.2, 0.25) is 0 Å². The van der Waals surface area contributed by atoms with Gasteiger partial charge in [0.15, 0.2) is 11.5 Å². The van der Waals surface area contributed by atoms with Crippen molar-refractivity contribution in [3.63, 3.8) is 0 Å². The number of fused-ring (bicyclic) bond motifs is 1. The number of allylic oxidation sites excluding steroid dienone is 3. The number of esters is 1. The lowest BCUT2D eigenvalue weighted by Crippen LogP contribution is -2.41. The van der Waals surface area contributed by atoms with Crippen molar-refractivity contribution in [3.05, 3.63) is 119 Å². The Hall–Kier alpha value is -4.32. The average Bonchev–Trinajstić information content (AvgIpc) is 2.92. The normalized spacial score (nSPS) is 21.0. The highest BCUT2D eigenvalue weighted by atomic mass is 16.5. The van der Waals surface area contributed by atoms with E-state index in [0.717, 1.165) is 16.8 Å². The van der Waals surface area contributed by atoms with Crippen molar-refractivity contribution in [1.82, 2.24) is 5.32 Å². The number of ketones is 1. The van der Waals surface area contributed by atoms with Gasteiger partial charge in [-0.3, -0.25) is 4.79 Å². The molecule has 0 aromatic heterocycles. The van der Waals surface area contributed by atoms with Gasteiger partial charge in [-0.1, -0.05) is 72.8 Å². The summed E-state index contributed by atoms with van der Waals surface area (Å²) in [5, 5.41) is 13.6. The molecule has 1 aliphatic carbocycles. The van der Waals surface area contributed by atoms with E-state index in [9.17, 15) is 14.7 Å². The maximum absolute atomic E-state index is 13.7. The Morgan fingerprint density at radius 1 is 0.973 bits per heavy atom. The van der Waals surface area contributed by atoms with Gasteiger partial charge in [0.25, 0.3) is 0 Å². The molecule has 2 N–H and O–H groups in total. The number of phenols is 1. The van der Waals surface area contributed by atoms with Crippen molar-refractivity contribution in [3.8, 4) is 11.5 Å². The van der Waals surface area contributed by atoms with Gasteiger partial charge >= 0.3 is 5.97 Å². The van der Waals surface area contributed by atoms with Crippen LogP contribution in [0.5, 0.6) is 11.5 Å². The topological polar surface area (TPSA) is 84.9 Å². The number of ether oxygens (including phenoxy) is 2. The van der Waals surface area contributed by atoms with Crippen LogP contribution in [0.4, 0.5) is 0 Å². The number of carbonyl (C=O) groups excluding carboxylic acids is 2. The smallest absolute Gasteiger partial charge is 0.336 e. The predicted octanol–water partition coefficient (Wildman–Crippen LogP) is 5.36. The average molecular weight is 496 g/mol. The minimum atomic E-state index is -0.588. The number of phenolic OH excluding ortho intramolecular Hbond substituents is 1. The number of hydrogen-bond acceptors (Lipinski definition) is 6. The third kappa shape index (κ3) is 4.87. The molecule has 188 valence electrons. The lowest BCUT2D eigenvalue weighted by atomic mass is 9.68. The van der Waals surface area contributed by atoms with Crippen molar-refractivity contribution >= 4 is 11.8 Å². The molecule has 2 aliphatic rings. The lowest BCUT2D eigenvalue weighted by molar-refractivity contribution is -0.141. The summed E-state index contributed by atoms with van der Waals surface area (Å²) in [6.07, 6.45) is 2.43. The quantitative estimate of drug-likeness (QED) is 0.448. The molecule has 0 saturated heterocycles. The van der Waals surface area contributed by atoms with Gasteiger partial charge in [-0.2, -0.15) is 0 Å². The number of methoxy groups -OCH3 is 1. The van der Waals surface area contributed by atoms with Crippen LogP contribution >= 0.6 is 0 Å². The number of aromatic hydroxyl groups is 1. The molecular weight excluding hydrogens is 466 g/mol. The highest BCUT2D eigenvalue weighted by molar-refractivity contribution is 5.96. The van der Waals surface area contributed by atoms with Crippen molar-refractivity contribution in [2.75, 3.05) is 7.11 Å². The molecule has 3 aromatic carbocycles. The van der Waals surface area contributed by atoms with E-state index in [-0.39, 0.29) is 29.8 Å². The Morgan fingerprint density at radius 3 is 2.38 bits per heavy atom. The van der Waals surface area contributed by atoms with Crippen LogP contribution in [0.3, 0.4) is 0 Å². The maximum Gasteiger partial charge on any atom is 0.336 e. The maximum atomic E-state index is 13.7. The standard InChI is InChI=1S/C31H29NO5/c1-19-28(31(35)37-18-20-9-5-3-6-10-20)29(22-13-14-25(33)27(17-22)36-2)30-24(32-19)15-23(16-26(30)34)21-11-7-4-8-12-21/h3-15,17,23,29-30,32-33H,16,18H2,1-2H3. The van der Waals surface area contributed by atoms with Gasteiger partial charge < -0.3 is 19.9 Å². The second kappa shape index (κ2) is 10.3. The summed E-state index contributed by atoms with van der Waals surface area (Å²) in [4.78, 5) is 27.3. The van der Waals surface area contributed by atoms with E-state index in [2.05, 4.69) is 11.4 Å². The Balaban J connectivity index is 1.57. The van der Waals surface area contributed by atoms with Crippen LogP contribution < -0.4 is 10.1 Å². The van der Waals surface area contributed by atoms with Crippen LogP contribution in [0.2, 0.25) is 0 Å². The van der Waals surface area contributed by atoms with Gasteiger partial charge in [-0.15, -0.1) is 0 Å². The molecule has 37 heavy (non-hydrogen) atoms. The van der Waals surface area contributed by atoms with Crippen molar-refractivity contribution in [2.45, 2.75) is 31.8 Å². The summed E-state index contributed by atoms with van der Waals surface area (Å²) < 4.78 is 11.1. The minimum absolute atomic E-state index is 0.0102. The first kappa shape index (κ1) is 24.4. The first-order valence-electron chi connectivity index (χ1n) is 12.3. The zero-order valence-electron chi connectivity index (χ0n) is 20.8. The molecule has 0 fully saturated rings. The van der Waals surface area contributed by atoms with Gasteiger partial charge in [-0.25, -0.2) is 4.79 Å². The van der Waals surface area contributed by atoms with Crippen LogP contribution in [-0.4, -0.2) is 24.0 Å². The van der Waals surface area contributed by atoms with E-state index < -0.39 is 17.8 Å². The summed E-state index contributed by atoms with van der Waals surface area (Å²) in [6.45, 7) is 1.96. The summed E-state index contributed by atoms with van der Waals surface area (Å²) in [5.41, 5.74) is 4.46. The molecule has 1 heterocycles. The van der Waals surface area contributed by atoms with Crippen LogP contribution in [0.15, 0.2) is 102 Å².